The van der Waals surface area contributed by atoms with E-state index in [9.17, 15) is 4.79 Å². The Morgan fingerprint density at radius 3 is 1.96 bits per heavy atom. The Balaban J connectivity index is 0.00000338. The molecule has 0 aliphatic rings. The molecule has 0 spiro atoms. The maximum absolute atomic E-state index is 12.6. The van der Waals surface area contributed by atoms with Gasteiger partial charge in [0.2, 0.25) is 0 Å². The third kappa shape index (κ3) is 7.89. The van der Waals surface area contributed by atoms with E-state index in [1.54, 1.807) is 4.90 Å². The van der Waals surface area contributed by atoms with Gasteiger partial charge in [-0.2, -0.15) is 0 Å². The summed E-state index contributed by atoms with van der Waals surface area (Å²) in [5, 5.41) is 0. The molecule has 2 aromatic carbocycles. The van der Waals surface area contributed by atoms with Crippen molar-refractivity contribution in [1.82, 2.24) is 4.90 Å². The first kappa shape index (κ1) is 22.0. The van der Waals surface area contributed by atoms with Gasteiger partial charge in [0, 0.05) is 19.1 Å². The molecule has 0 heterocycles. The van der Waals surface area contributed by atoms with Crippen molar-refractivity contribution in [1.29, 1.82) is 0 Å². The fraction of sp³-hybridized carbons (Fsp3) is 0.381. The summed E-state index contributed by atoms with van der Waals surface area (Å²) < 4.78 is 5.47. The molecule has 1 amide bonds. The van der Waals surface area contributed by atoms with Crippen molar-refractivity contribution in [3.8, 4) is 0 Å². The molecular weight excluding hydrogens is 348 g/mol. The average molecular weight is 377 g/mol. The van der Waals surface area contributed by atoms with E-state index < -0.39 is 0 Å². The molecule has 0 aliphatic heterocycles. The van der Waals surface area contributed by atoms with Gasteiger partial charge in [0.25, 0.3) is 0 Å². The summed E-state index contributed by atoms with van der Waals surface area (Å²) in [5.41, 5.74) is 8.17. The summed E-state index contributed by atoms with van der Waals surface area (Å²) in [6.07, 6.45) is 2.70. The zero-order valence-corrected chi connectivity index (χ0v) is 16.2. The fourth-order valence-electron chi connectivity index (χ4n) is 2.61. The van der Waals surface area contributed by atoms with Crippen molar-refractivity contribution < 1.29 is 9.53 Å². The van der Waals surface area contributed by atoms with Gasteiger partial charge in [0.15, 0.2) is 0 Å². The minimum atomic E-state index is -0.320. The van der Waals surface area contributed by atoms with Crippen LogP contribution in [-0.4, -0.2) is 23.6 Å². The molecule has 0 aromatic heterocycles. The molecule has 0 saturated heterocycles. The number of unbranched alkanes of at least 4 members (excludes halogenated alkanes) is 1. The quantitative estimate of drug-likeness (QED) is 0.686. The number of nitrogens with two attached hydrogens (primary N) is 1. The molecule has 0 fully saturated rings. The van der Waals surface area contributed by atoms with Crippen LogP contribution < -0.4 is 5.73 Å². The Morgan fingerprint density at radius 2 is 1.50 bits per heavy atom. The maximum atomic E-state index is 12.6. The van der Waals surface area contributed by atoms with E-state index in [1.165, 1.54) is 0 Å². The minimum absolute atomic E-state index is 0. The molecule has 0 saturated carbocycles. The molecule has 142 valence electrons. The number of rotatable bonds is 9. The van der Waals surface area contributed by atoms with Crippen LogP contribution in [0.15, 0.2) is 60.7 Å². The van der Waals surface area contributed by atoms with Crippen molar-refractivity contribution in [3.63, 3.8) is 0 Å². The van der Waals surface area contributed by atoms with E-state index in [0.717, 1.165) is 30.4 Å². The van der Waals surface area contributed by atoms with Crippen molar-refractivity contribution in [2.75, 3.05) is 6.61 Å². The maximum Gasteiger partial charge on any atom is 0.410 e. The summed E-state index contributed by atoms with van der Waals surface area (Å²) in [5.74, 6) is 0. The summed E-state index contributed by atoms with van der Waals surface area (Å²) in [4.78, 5) is 14.3. The van der Waals surface area contributed by atoms with Crippen LogP contribution in [0.2, 0.25) is 0 Å². The highest BCUT2D eigenvalue weighted by Gasteiger charge is 2.17. The molecule has 0 unspecified atom stereocenters. The molecular formula is C21H29ClN2O2. The van der Waals surface area contributed by atoms with Crippen molar-refractivity contribution in [3.05, 3.63) is 71.8 Å². The predicted octanol–water partition coefficient (Wildman–Crippen LogP) is 4.76. The number of hydrogen-bond donors (Lipinski definition) is 1. The second kappa shape index (κ2) is 12.3. The van der Waals surface area contributed by atoms with E-state index in [-0.39, 0.29) is 31.1 Å². The van der Waals surface area contributed by atoms with Gasteiger partial charge >= 0.3 is 6.09 Å². The molecule has 0 radical (unpaired) electrons. The fourth-order valence-corrected chi connectivity index (χ4v) is 2.61. The van der Waals surface area contributed by atoms with Gasteiger partial charge in [0.05, 0.1) is 0 Å². The van der Waals surface area contributed by atoms with Crippen LogP contribution in [0.25, 0.3) is 0 Å². The van der Waals surface area contributed by atoms with Crippen LogP contribution in [0.5, 0.6) is 0 Å². The smallest absolute Gasteiger partial charge is 0.410 e. The van der Waals surface area contributed by atoms with E-state index in [0.29, 0.717) is 13.1 Å². The molecule has 5 heteroatoms. The minimum Gasteiger partial charge on any atom is -0.448 e. The highest BCUT2D eigenvalue weighted by molar-refractivity contribution is 5.85. The number of hydrogen-bond acceptors (Lipinski definition) is 3. The normalized spacial score (nSPS) is 11.3. The SMILES string of the molecule is CCCC[C@@H](N)COC(=O)N(Cc1ccccc1)Cc1ccccc1.Cl. The third-order valence-corrected chi connectivity index (χ3v) is 4.04. The van der Waals surface area contributed by atoms with Crippen LogP contribution in [0.3, 0.4) is 0 Å². The van der Waals surface area contributed by atoms with Crippen molar-refractivity contribution in [2.45, 2.75) is 45.3 Å². The summed E-state index contributed by atoms with van der Waals surface area (Å²) in [6.45, 7) is 3.41. The van der Waals surface area contributed by atoms with Gasteiger partial charge < -0.3 is 10.5 Å². The average Bonchev–Trinajstić information content (AvgIpc) is 2.65. The lowest BCUT2D eigenvalue weighted by Crippen LogP contribution is -2.35. The molecule has 0 bridgehead atoms. The Hall–Kier alpha value is -2.04. The van der Waals surface area contributed by atoms with E-state index in [2.05, 4.69) is 6.92 Å². The Kier molecular flexibility index (Phi) is 10.4. The van der Waals surface area contributed by atoms with Crippen LogP contribution in [0, 0.1) is 0 Å². The van der Waals surface area contributed by atoms with Gasteiger partial charge in [-0.25, -0.2) is 4.79 Å². The molecule has 2 N–H and O–H groups in total. The molecule has 0 aliphatic carbocycles. The largest absolute Gasteiger partial charge is 0.448 e. The number of nitrogens with zero attached hydrogens (tertiary/aromatic N) is 1. The van der Waals surface area contributed by atoms with Gasteiger partial charge in [0.1, 0.15) is 6.61 Å². The Labute approximate surface area is 162 Å². The van der Waals surface area contributed by atoms with Crippen LogP contribution in [-0.2, 0) is 17.8 Å². The molecule has 4 nitrogen and oxygen atoms in total. The number of ether oxygens (including phenoxy) is 1. The number of carbonyl (C=O) groups is 1. The van der Waals surface area contributed by atoms with Crippen LogP contribution in [0.4, 0.5) is 4.79 Å². The number of benzene rings is 2. The highest BCUT2D eigenvalue weighted by Crippen LogP contribution is 2.12. The van der Waals surface area contributed by atoms with Gasteiger partial charge in [-0.1, -0.05) is 80.4 Å². The monoisotopic (exact) mass is 376 g/mol. The summed E-state index contributed by atoms with van der Waals surface area (Å²) in [7, 11) is 0. The molecule has 26 heavy (non-hydrogen) atoms. The van der Waals surface area contributed by atoms with Crippen LogP contribution in [0.1, 0.15) is 37.3 Å². The first-order valence-electron chi connectivity index (χ1n) is 8.94. The number of amides is 1. The molecule has 2 rings (SSSR count). The third-order valence-electron chi connectivity index (χ3n) is 4.04. The lowest BCUT2D eigenvalue weighted by atomic mass is 10.1. The number of carbonyl (C=O) groups excluding carboxylic acids is 1. The zero-order chi connectivity index (χ0) is 17.9. The van der Waals surface area contributed by atoms with E-state index in [1.807, 2.05) is 60.7 Å². The summed E-state index contributed by atoms with van der Waals surface area (Å²) in [6, 6.07) is 19.8. The topological polar surface area (TPSA) is 55.6 Å². The molecule has 1 atom stereocenters. The zero-order valence-electron chi connectivity index (χ0n) is 15.3. The number of halogens is 1. The van der Waals surface area contributed by atoms with Gasteiger partial charge in [-0.15, -0.1) is 12.4 Å². The summed E-state index contributed by atoms with van der Waals surface area (Å²) >= 11 is 0. The Bertz CT molecular complexity index is 581. The lowest BCUT2D eigenvalue weighted by Gasteiger charge is -2.23. The second-order valence-corrected chi connectivity index (χ2v) is 6.31. The van der Waals surface area contributed by atoms with E-state index >= 15 is 0 Å². The van der Waals surface area contributed by atoms with Crippen molar-refractivity contribution >= 4 is 18.5 Å². The first-order chi connectivity index (χ1) is 12.2. The second-order valence-electron chi connectivity index (χ2n) is 6.31. The Morgan fingerprint density at radius 1 is 1.00 bits per heavy atom. The van der Waals surface area contributed by atoms with Gasteiger partial charge in [-0.3, -0.25) is 4.90 Å². The van der Waals surface area contributed by atoms with Gasteiger partial charge in [-0.05, 0) is 17.5 Å². The van der Waals surface area contributed by atoms with Crippen LogP contribution >= 0.6 is 12.4 Å². The lowest BCUT2D eigenvalue weighted by molar-refractivity contribution is 0.0907. The first-order valence-corrected chi connectivity index (χ1v) is 8.94. The standard InChI is InChI=1S/C21H28N2O2.ClH/c1-2-3-14-20(22)17-25-21(24)23(15-18-10-6-4-7-11-18)16-19-12-8-5-9-13-19;/h4-13,20H,2-3,14-17,22H2,1H3;1H/t20-;/m1./s1. The molecule has 2 aromatic rings. The predicted molar refractivity (Wildman–Crippen MR) is 108 cm³/mol. The van der Waals surface area contributed by atoms with Crippen molar-refractivity contribution in [2.24, 2.45) is 5.73 Å². The van der Waals surface area contributed by atoms with E-state index in [4.69, 9.17) is 10.5 Å². The highest BCUT2D eigenvalue weighted by atomic mass is 35.5.